The molecule has 2 aromatic rings. The van der Waals surface area contributed by atoms with E-state index in [2.05, 4.69) is 4.98 Å². The van der Waals surface area contributed by atoms with Crippen LogP contribution < -0.4 is 5.73 Å². The monoisotopic (exact) mass is 258 g/mol. The van der Waals surface area contributed by atoms with Crippen molar-refractivity contribution in [2.75, 3.05) is 13.1 Å². The van der Waals surface area contributed by atoms with Crippen LogP contribution in [0.5, 0.6) is 0 Å². The van der Waals surface area contributed by atoms with Crippen LogP contribution in [0.1, 0.15) is 18.5 Å². The van der Waals surface area contributed by atoms with E-state index in [4.69, 9.17) is 5.73 Å². The Balaban J connectivity index is 1.75. The molecule has 5 heteroatoms. The van der Waals surface area contributed by atoms with Gasteiger partial charge in [-0.3, -0.25) is 4.79 Å². The molecule has 100 valence electrons. The van der Waals surface area contributed by atoms with Gasteiger partial charge in [-0.1, -0.05) is 6.07 Å². The van der Waals surface area contributed by atoms with E-state index in [9.17, 15) is 4.79 Å². The molecule has 3 heterocycles. The molecule has 0 unspecified atom stereocenters. The first kappa shape index (κ1) is 12.2. The Bertz CT molecular complexity index is 559. The fourth-order valence-electron chi connectivity index (χ4n) is 2.74. The summed E-state index contributed by atoms with van der Waals surface area (Å²) < 4.78 is 1.94. The van der Waals surface area contributed by atoms with Gasteiger partial charge in [0, 0.05) is 31.5 Å². The first-order valence-corrected chi connectivity index (χ1v) is 6.70. The number of hydrogen-bond donors (Lipinski definition) is 1. The Morgan fingerprint density at radius 2 is 2.37 bits per heavy atom. The number of rotatable bonds is 3. The van der Waals surface area contributed by atoms with E-state index in [-0.39, 0.29) is 11.9 Å². The van der Waals surface area contributed by atoms with Crippen LogP contribution in [-0.4, -0.2) is 39.3 Å². The molecule has 1 amide bonds. The van der Waals surface area contributed by atoms with Crippen LogP contribution in [0.4, 0.5) is 0 Å². The number of carbonyl (C=O) groups excluding carboxylic acids is 1. The van der Waals surface area contributed by atoms with Gasteiger partial charge in [-0.05, 0) is 25.0 Å². The second-order valence-corrected chi connectivity index (χ2v) is 4.99. The van der Waals surface area contributed by atoms with Crippen LogP contribution in [0.3, 0.4) is 0 Å². The first-order valence-electron chi connectivity index (χ1n) is 6.70. The van der Waals surface area contributed by atoms with E-state index >= 15 is 0 Å². The van der Waals surface area contributed by atoms with Crippen molar-refractivity contribution in [1.29, 1.82) is 0 Å². The van der Waals surface area contributed by atoms with Crippen LogP contribution in [0.25, 0.3) is 5.65 Å². The SMILES string of the molecule is NC[C@H]1CCCN1C(=O)Cc1cn2ccccc2n1. The van der Waals surface area contributed by atoms with Crippen LogP contribution in [0.15, 0.2) is 30.6 Å². The summed E-state index contributed by atoms with van der Waals surface area (Å²) in [6, 6.07) is 6.04. The molecule has 0 aromatic carbocycles. The number of hydrogen-bond acceptors (Lipinski definition) is 3. The summed E-state index contributed by atoms with van der Waals surface area (Å²) >= 11 is 0. The van der Waals surface area contributed by atoms with Crippen LogP contribution in [0, 0.1) is 0 Å². The topological polar surface area (TPSA) is 63.6 Å². The van der Waals surface area contributed by atoms with E-state index in [0.29, 0.717) is 13.0 Å². The lowest BCUT2D eigenvalue weighted by molar-refractivity contribution is -0.131. The maximum absolute atomic E-state index is 12.3. The summed E-state index contributed by atoms with van der Waals surface area (Å²) in [7, 11) is 0. The van der Waals surface area contributed by atoms with E-state index in [0.717, 1.165) is 30.7 Å². The summed E-state index contributed by atoms with van der Waals surface area (Å²) in [5.74, 6) is 0.136. The predicted molar refractivity (Wildman–Crippen MR) is 72.7 cm³/mol. The molecule has 0 radical (unpaired) electrons. The summed E-state index contributed by atoms with van der Waals surface area (Å²) in [6.07, 6.45) is 6.29. The average Bonchev–Trinajstić information content (AvgIpc) is 3.03. The number of imidazole rings is 1. The average molecular weight is 258 g/mol. The van der Waals surface area contributed by atoms with Crippen molar-refractivity contribution < 1.29 is 4.79 Å². The lowest BCUT2D eigenvalue weighted by atomic mass is 10.2. The van der Waals surface area contributed by atoms with Gasteiger partial charge in [0.2, 0.25) is 5.91 Å². The number of fused-ring (bicyclic) bond motifs is 1. The second-order valence-electron chi connectivity index (χ2n) is 4.99. The third kappa shape index (κ3) is 2.33. The van der Waals surface area contributed by atoms with Gasteiger partial charge in [0.05, 0.1) is 12.1 Å². The molecule has 1 fully saturated rings. The normalized spacial score (nSPS) is 19.2. The van der Waals surface area contributed by atoms with E-state index in [1.165, 1.54) is 0 Å². The first-order chi connectivity index (χ1) is 9.28. The quantitative estimate of drug-likeness (QED) is 0.886. The molecular weight excluding hydrogens is 240 g/mol. The third-order valence-corrected chi connectivity index (χ3v) is 3.72. The second kappa shape index (κ2) is 5.01. The molecule has 0 aliphatic carbocycles. The third-order valence-electron chi connectivity index (χ3n) is 3.72. The van der Waals surface area contributed by atoms with Gasteiger partial charge in [0.25, 0.3) is 0 Å². The van der Waals surface area contributed by atoms with Gasteiger partial charge in [0.1, 0.15) is 5.65 Å². The minimum Gasteiger partial charge on any atom is -0.338 e. The van der Waals surface area contributed by atoms with E-state index in [1.807, 2.05) is 39.9 Å². The van der Waals surface area contributed by atoms with Gasteiger partial charge in [0.15, 0.2) is 0 Å². The van der Waals surface area contributed by atoms with Crippen molar-refractivity contribution in [2.24, 2.45) is 5.73 Å². The van der Waals surface area contributed by atoms with Crippen molar-refractivity contribution in [3.8, 4) is 0 Å². The van der Waals surface area contributed by atoms with Crippen LogP contribution >= 0.6 is 0 Å². The fourth-order valence-corrected chi connectivity index (χ4v) is 2.74. The molecule has 1 aliphatic heterocycles. The number of aromatic nitrogens is 2. The van der Waals surface area contributed by atoms with Crippen molar-refractivity contribution in [2.45, 2.75) is 25.3 Å². The molecule has 1 saturated heterocycles. The van der Waals surface area contributed by atoms with E-state index < -0.39 is 0 Å². The van der Waals surface area contributed by atoms with Gasteiger partial charge in [-0.2, -0.15) is 0 Å². The summed E-state index contributed by atoms with van der Waals surface area (Å²) in [5, 5.41) is 0. The van der Waals surface area contributed by atoms with Gasteiger partial charge in [-0.15, -0.1) is 0 Å². The zero-order chi connectivity index (χ0) is 13.2. The Morgan fingerprint density at radius 1 is 1.47 bits per heavy atom. The molecule has 0 saturated carbocycles. The van der Waals surface area contributed by atoms with E-state index in [1.54, 1.807) is 0 Å². The number of likely N-dealkylation sites (tertiary alicyclic amines) is 1. The zero-order valence-electron chi connectivity index (χ0n) is 10.8. The van der Waals surface area contributed by atoms with Crippen molar-refractivity contribution in [3.05, 3.63) is 36.3 Å². The van der Waals surface area contributed by atoms with Crippen molar-refractivity contribution >= 4 is 11.6 Å². The number of carbonyl (C=O) groups is 1. The Morgan fingerprint density at radius 3 is 3.16 bits per heavy atom. The highest BCUT2D eigenvalue weighted by molar-refractivity contribution is 5.79. The number of nitrogens with two attached hydrogens (primary N) is 1. The summed E-state index contributed by atoms with van der Waals surface area (Å²) in [4.78, 5) is 18.6. The lowest BCUT2D eigenvalue weighted by Gasteiger charge is -2.23. The summed E-state index contributed by atoms with van der Waals surface area (Å²) in [5.41, 5.74) is 7.40. The number of nitrogens with zero attached hydrogens (tertiary/aromatic N) is 3. The number of pyridine rings is 1. The van der Waals surface area contributed by atoms with Crippen molar-refractivity contribution in [1.82, 2.24) is 14.3 Å². The molecule has 0 spiro atoms. The highest BCUT2D eigenvalue weighted by Crippen LogP contribution is 2.17. The molecule has 19 heavy (non-hydrogen) atoms. The van der Waals surface area contributed by atoms with Gasteiger partial charge < -0.3 is 15.0 Å². The summed E-state index contributed by atoms with van der Waals surface area (Å²) in [6.45, 7) is 1.38. The molecule has 2 aromatic heterocycles. The van der Waals surface area contributed by atoms with Crippen LogP contribution in [-0.2, 0) is 11.2 Å². The van der Waals surface area contributed by atoms with Gasteiger partial charge in [-0.25, -0.2) is 4.98 Å². The molecule has 5 nitrogen and oxygen atoms in total. The minimum atomic E-state index is 0.136. The molecular formula is C14H18N4O. The maximum Gasteiger partial charge on any atom is 0.228 e. The Hall–Kier alpha value is -1.88. The molecule has 1 atom stereocenters. The smallest absolute Gasteiger partial charge is 0.228 e. The molecule has 0 bridgehead atoms. The number of amides is 1. The Labute approximate surface area is 112 Å². The molecule has 1 aliphatic rings. The molecule has 2 N–H and O–H groups in total. The fraction of sp³-hybridized carbons (Fsp3) is 0.429. The lowest BCUT2D eigenvalue weighted by Crippen LogP contribution is -2.40. The standard InChI is InChI=1S/C14H18N4O/c15-9-12-4-3-7-18(12)14(19)8-11-10-17-6-2-1-5-13(17)16-11/h1-2,5-6,10,12H,3-4,7-9,15H2/t12-/m1/s1. The van der Waals surface area contributed by atoms with Crippen molar-refractivity contribution in [3.63, 3.8) is 0 Å². The van der Waals surface area contributed by atoms with Gasteiger partial charge >= 0.3 is 0 Å². The zero-order valence-corrected chi connectivity index (χ0v) is 10.8. The van der Waals surface area contributed by atoms with Crippen LogP contribution in [0.2, 0.25) is 0 Å². The predicted octanol–water partition coefficient (Wildman–Crippen LogP) is 0.826. The Kier molecular flexibility index (Phi) is 3.21. The minimum absolute atomic E-state index is 0.136. The molecule has 3 rings (SSSR count). The highest BCUT2D eigenvalue weighted by atomic mass is 16.2. The highest BCUT2D eigenvalue weighted by Gasteiger charge is 2.27. The largest absolute Gasteiger partial charge is 0.338 e. The maximum atomic E-state index is 12.3.